The number of anilines is 1. The molecule has 0 bridgehead atoms. The van der Waals surface area contributed by atoms with Crippen molar-refractivity contribution in [3.05, 3.63) is 70.1 Å². The van der Waals surface area contributed by atoms with Crippen molar-refractivity contribution in [2.24, 2.45) is 7.05 Å². The minimum atomic E-state index is -3.77. The van der Waals surface area contributed by atoms with Crippen LogP contribution in [0.2, 0.25) is 0 Å². The maximum atomic E-state index is 13.3. The van der Waals surface area contributed by atoms with Crippen molar-refractivity contribution in [3.63, 3.8) is 0 Å². The zero-order valence-electron chi connectivity index (χ0n) is 20.2. The van der Waals surface area contributed by atoms with Crippen LogP contribution in [0.5, 0.6) is 5.75 Å². The number of nitrogens with zero attached hydrogens (tertiary/aromatic N) is 3. The third kappa shape index (κ3) is 4.76. The van der Waals surface area contributed by atoms with Crippen LogP contribution in [0.15, 0.2) is 58.2 Å². The van der Waals surface area contributed by atoms with Crippen LogP contribution >= 0.6 is 0 Å². The van der Waals surface area contributed by atoms with Crippen LogP contribution in [0.4, 0.5) is 5.69 Å². The molecule has 0 unspecified atom stereocenters. The van der Waals surface area contributed by atoms with E-state index in [1.54, 1.807) is 30.8 Å². The zero-order valence-corrected chi connectivity index (χ0v) is 21.0. The van der Waals surface area contributed by atoms with Gasteiger partial charge in [-0.25, -0.2) is 13.1 Å². The van der Waals surface area contributed by atoms with Crippen LogP contribution in [-0.4, -0.2) is 48.2 Å². The van der Waals surface area contributed by atoms with Crippen molar-refractivity contribution >= 4 is 21.6 Å². The lowest BCUT2D eigenvalue weighted by molar-refractivity contribution is 0.102. The molecule has 3 aromatic rings. The number of benzene rings is 2. The number of carbonyl (C=O) groups excluding carboxylic acids is 1. The number of hydrogen-bond acceptors (Lipinski definition) is 5. The molecule has 1 aliphatic rings. The SMILES string of the molecule is COc1ccc(S(=O)(=O)N2CCCCCC2)cc1C(=O)Nc1c(C)n(C)n(-c2ccccc2)c1=O. The Morgan fingerprint density at radius 3 is 2.29 bits per heavy atom. The van der Waals surface area contributed by atoms with Gasteiger partial charge in [-0.1, -0.05) is 31.0 Å². The highest BCUT2D eigenvalue weighted by atomic mass is 32.2. The maximum Gasteiger partial charge on any atom is 0.295 e. The predicted octanol–water partition coefficient (Wildman–Crippen LogP) is 3.31. The summed E-state index contributed by atoms with van der Waals surface area (Å²) in [7, 11) is -0.628. The fourth-order valence-corrected chi connectivity index (χ4v) is 5.89. The molecular formula is C25H30N4O5S. The number of para-hydroxylation sites is 1. The molecule has 0 aliphatic carbocycles. The van der Waals surface area contributed by atoms with Gasteiger partial charge in [0.15, 0.2) is 0 Å². The van der Waals surface area contributed by atoms with Crippen LogP contribution in [0, 0.1) is 6.92 Å². The average Bonchev–Trinajstić information content (AvgIpc) is 3.07. The van der Waals surface area contributed by atoms with Gasteiger partial charge in [0.2, 0.25) is 10.0 Å². The highest BCUT2D eigenvalue weighted by Crippen LogP contribution is 2.27. The quantitative estimate of drug-likeness (QED) is 0.562. The average molecular weight is 499 g/mol. The van der Waals surface area contributed by atoms with Crippen molar-refractivity contribution in [1.82, 2.24) is 13.7 Å². The number of methoxy groups -OCH3 is 1. The van der Waals surface area contributed by atoms with Crippen molar-refractivity contribution in [2.45, 2.75) is 37.5 Å². The van der Waals surface area contributed by atoms with Crippen molar-refractivity contribution < 1.29 is 17.9 Å². The van der Waals surface area contributed by atoms with E-state index < -0.39 is 21.5 Å². The van der Waals surface area contributed by atoms with E-state index in [1.165, 1.54) is 34.3 Å². The largest absolute Gasteiger partial charge is 0.496 e. The number of nitrogens with one attached hydrogen (secondary N) is 1. The number of aromatic nitrogens is 2. The number of hydrogen-bond donors (Lipinski definition) is 1. The maximum absolute atomic E-state index is 13.3. The molecule has 186 valence electrons. The lowest BCUT2D eigenvalue weighted by atomic mass is 10.2. The summed E-state index contributed by atoms with van der Waals surface area (Å²) in [5.74, 6) is -0.407. The third-order valence-electron chi connectivity index (χ3n) is 6.41. The molecule has 10 heteroatoms. The van der Waals surface area contributed by atoms with E-state index in [-0.39, 0.29) is 21.9 Å². The monoisotopic (exact) mass is 498 g/mol. The Labute approximate surface area is 205 Å². The molecule has 0 atom stereocenters. The second-order valence-corrected chi connectivity index (χ2v) is 10.5. The Hall–Kier alpha value is -3.37. The fourth-order valence-electron chi connectivity index (χ4n) is 4.35. The fraction of sp³-hybridized carbons (Fsp3) is 0.360. The molecule has 35 heavy (non-hydrogen) atoms. The molecule has 0 radical (unpaired) electrons. The summed E-state index contributed by atoms with van der Waals surface area (Å²) in [5.41, 5.74) is 0.976. The third-order valence-corrected chi connectivity index (χ3v) is 8.31. The molecule has 9 nitrogen and oxygen atoms in total. The molecule has 1 aliphatic heterocycles. The first-order valence-electron chi connectivity index (χ1n) is 11.6. The van der Waals surface area contributed by atoms with E-state index in [0.29, 0.717) is 24.5 Å². The van der Waals surface area contributed by atoms with Crippen LogP contribution < -0.4 is 15.6 Å². The van der Waals surface area contributed by atoms with E-state index >= 15 is 0 Å². The van der Waals surface area contributed by atoms with Gasteiger partial charge < -0.3 is 10.1 Å². The molecule has 0 spiro atoms. The minimum absolute atomic E-state index is 0.0248. The summed E-state index contributed by atoms with van der Waals surface area (Å²) in [4.78, 5) is 26.5. The number of rotatable bonds is 6. The number of ether oxygens (including phenoxy) is 1. The zero-order chi connectivity index (χ0) is 25.2. The molecule has 0 saturated carbocycles. The van der Waals surface area contributed by atoms with Gasteiger partial charge >= 0.3 is 0 Å². The smallest absolute Gasteiger partial charge is 0.295 e. The standard InChI is InChI=1S/C25H30N4O5S/c1-18-23(25(31)29(27(18)2)19-11-7-6-8-12-19)26-24(30)21-17-20(13-14-22(21)34-3)35(32,33)28-15-9-4-5-10-16-28/h6-8,11-14,17H,4-5,9-10,15-16H2,1-3H3,(H,26,30). The van der Waals surface area contributed by atoms with Crippen LogP contribution in [0.3, 0.4) is 0 Å². The topological polar surface area (TPSA) is 103 Å². The van der Waals surface area contributed by atoms with E-state index in [9.17, 15) is 18.0 Å². The highest BCUT2D eigenvalue weighted by molar-refractivity contribution is 7.89. The summed E-state index contributed by atoms with van der Waals surface area (Å²) in [6.45, 7) is 2.64. The van der Waals surface area contributed by atoms with E-state index in [4.69, 9.17) is 4.74 Å². The Morgan fingerprint density at radius 2 is 1.66 bits per heavy atom. The lowest BCUT2D eigenvalue weighted by Gasteiger charge is -2.20. The van der Waals surface area contributed by atoms with E-state index in [0.717, 1.165) is 25.7 Å². The highest BCUT2D eigenvalue weighted by Gasteiger charge is 2.28. The predicted molar refractivity (Wildman–Crippen MR) is 134 cm³/mol. The summed E-state index contributed by atoms with van der Waals surface area (Å²) in [5, 5.41) is 2.69. The molecule has 1 aromatic heterocycles. The van der Waals surface area contributed by atoms with E-state index in [1.807, 2.05) is 18.2 Å². The lowest BCUT2D eigenvalue weighted by Crippen LogP contribution is -2.32. The van der Waals surface area contributed by atoms with Crippen LogP contribution in [-0.2, 0) is 17.1 Å². The molecule has 1 saturated heterocycles. The second-order valence-electron chi connectivity index (χ2n) is 8.57. The summed E-state index contributed by atoms with van der Waals surface area (Å²) >= 11 is 0. The first kappa shape index (κ1) is 24.7. The molecule has 1 N–H and O–H groups in total. The first-order valence-corrected chi connectivity index (χ1v) is 13.0. The van der Waals surface area contributed by atoms with Crippen molar-refractivity contribution in [1.29, 1.82) is 0 Å². The summed E-state index contributed by atoms with van der Waals surface area (Å²) < 4.78 is 36.5. The van der Waals surface area contributed by atoms with Crippen molar-refractivity contribution in [2.75, 3.05) is 25.5 Å². The van der Waals surface area contributed by atoms with Gasteiger partial charge in [-0.05, 0) is 50.1 Å². The molecular weight excluding hydrogens is 468 g/mol. The van der Waals surface area contributed by atoms with Gasteiger partial charge in [-0.15, -0.1) is 0 Å². The second kappa shape index (κ2) is 10.1. The molecule has 1 amide bonds. The van der Waals surface area contributed by atoms with Crippen molar-refractivity contribution in [3.8, 4) is 11.4 Å². The number of amides is 1. The van der Waals surface area contributed by atoms with Gasteiger partial charge in [0.05, 0.1) is 29.0 Å². The van der Waals surface area contributed by atoms with Gasteiger partial charge in [0, 0.05) is 20.1 Å². The summed E-state index contributed by atoms with van der Waals surface area (Å²) in [6, 6.07) is 13.3. The van der Waals surface area contributed by atoms with Crippen LogP contribution in [0.25, 0.3) is 5.69 Å². The molecule has 2 heterocycles. The van der Waals surface area contributed by atoms with Crippen LogP contribution in [0.1, 0.15) is 41.7 Å². The normalized spacial score (nSPS) is 14.9. The number of sulfonamides is 1. The Morgan fingerprint density at radius 1 is 1.00 bits per heavy atom. The van der Waals surface area contributed by atoms with Gasteiger partial charge in [-0.3, -0.25) is 14.3 Å². The summed E-state index contributed by atoms with van der Waals surface area (Å²) in [6.07, 6.45) is 3.62. The van der Waals surface area contributed by atoms with Gasteiger partial charge in [-0.2, -0.15) is 4.31 Å². The number of carbonyl (C=O) groups is 1. The van der Waals surface area contributed by atoms with Gasteiger partial charge in [0.25, 0.3) is 11.5 Å². The minimum Gasteiger partial charge on any atom is -0.496 e. The molecule has 4 rings (SSSR count). The van der Waals surface area contributed by atoms with Gasteiger partial charge in [0.1, 0.15) is 11.4 Å². The first-order chi connectivity index (χ1) is 16.8. The van der Waals surface area contributed by atoms with E-state index in [2.05, 4.69) is 5.32 Å². The Bertz CT molecular complexity index is 1390. The Balaban J connectivity index is 1.70. The molecule has 2 aromatic carbocycles. The Kier molecular flexibility index (Phi) is 7.13. The molecule has 1 fully saturated rings.